The molecule has 0 saturated heterocycles. The summed E-state index contributed by atoms with van der Waals surface area (Å²) in [6, 6.07) is 33.9. The van der Waals surface area contributed by atoms with E-state index >= 15 is 0 Å². The normalized spacial score (nSPS) is 12.1. The lowest BCUT2D eigenvalue weighted by Gasteiger charge is -2.15. The van der Waals surface area contributed by atoms with E-state index in [1.807, 2.05) is 78.9 Å². The number of rotatable bonds is 3. The topological polar surface area (TPSA) is 43.9 Å². The molecule has 0 aliphatic rings. The molecule has 38 heavy (non-hydrogen) atoms. The van der Waals surface area contributed by atoms with E-state index in [4.69, 9.17) is 9.40 Å². The highest BCUT2D eigenvalue weighted by atomic mass is 19.4. The van der Waals surface area contributed by atoms with Crippen molar-refractivity contribution in [3.63, 3.8) is 0 Å². The summed E-state index contributed by atoms with van der Waals surface area (Å²) in [5, 5.41) is 1.19. The third-order valence-corrected chi connectivity index (χ3v) is 6.69. The van der Waals surface area contributed by atoms with Gasteiger partial charge < -0.3 is 4.42 Å². The first-order chi connectivity index (χ1) is 18.5. The Bertz CT molecular complexity index is 1970. The monoisotopic (exact) mass is 505 g/mol. The zero-order valence-electron chi connectivity index (χ0n) is 19.8. The zero-order chi connectivity index (χ0) is 25.9. The number of para-hydroxylation sites is 4. The number of aromatic nitrogens is 3. The molecule has 0 bridgehead atoms. The highest BCUT2D eigenvalue weighted by molar-refractivity contribution is 6.08. The van der Waals surface area contributed by atoms with E-state index in [0.29, 0.717) is 27.7 Å². The second-order valence-electron chi connectivity index (χ2n) is 8.97. The van der Waals surface area contributed by atoms with Crippen LogP contribution in [0.5, 0.6) is 0 Å². The number of halogens is 3. The summed E-state index contributed by atoms with van der Waals surface area (Å²) in [6.07, 6.45) is -4.56. The fourth-order valence-electron chi connectivity index (χ4n) is 4.99. The van der Waals surface area contributed by atoms with Crippen molar-refractivity contribution in [3.05, 3.63) is 115 Å². The van der Waals surface area contributed by atoms with Crippen molar-refractivity contribution in [3.8, 4) is 28.2 Å². The fraction of sp³-hybridized carbons (Fsp3) is 0.0323. The highest BCUT2D eigenvalue weighted by Crippen LogP contribution is 2.40. The maximum atomic E-state index is 13.3. The van der Waals surface area contributed by atoms with Gasteiger partial charge in [-0.05, 0) is 42.0 Å². The van der Waals surface area contributed by atoms with Crippen LogP contribution in [0.1, 0.15) is 5.69 Å². The van der Waals surface area contributed by atoms with Crippen LogP contribution in [0, 0.1) is 0 Å². The quantitative estimate of drug-likeness (QED) is 0.241. The van der Waals surface area contributed by atoms with Crippen molar-refractivity contribution in [2.75, 3.05) is 0 Å². The van der Waals surface area contributed by atoms with Gasteiger partial charge in [-0.25, -0.2) is 9.97 Å². The second-order valence-corrected chi connectivity index (χ2v) is 8.97. The van der Waals surface area contributed by atoms with E-state index in [9.17, 15) is 13.2 Å². The third kappa shape index (κ3) is 3.47. The molecule has 0 aliphatic carbocycles. The molecular weight excluding hydrogens is 487 g/mol. The average molecular weight is 505 g/mol. The summed E-state index contributed by atoms with van der Waals surface area (Å²) in [4.78, 5) is 8.75. The maximum absolute atomic E-state index is 13.3. The summed E-state index contributed by atoms with van der Waals surface area (Å²) in [6.45, 7) is 0. The maximum Gasteiger partial charge on any atom is 0.433 e. The summed E-state index contributed by atoms with van der Waals surface area (Å²) in [5.74, 6) is 0.621. The van der Waals surface area contributed by atoms with Crippen LogP contribution in [0.15, 0.2) is 114 Å². The van der Waals surface area contributed by atoms with Crippen LogP contribution in [-0.4, -0.2) is 14.5 Å². The molecule has 4 aromatic carbocycles. The van der Waals surface area contributed by atoms with Crippen LogP contribution in [0.25, 0.3) is 61.3 Å². The first-order valence-corrected chi connectivity index (χ1v) is 12.0. The number of hydrogen-bond acceptors (Lipinski definition) is 3. The molecule has 3 heterocycles. The molecule has 0 atom stereocenters. The second kappa shape index (κ2) is 8.31. The lowest BCUT2D eigenvalue weighted by atomic mass is 10.0. The SMILES string of the molecule is FC(F)(F)c1ccc2c(n1)oc1c(-c3nc4ccccc4n3-c3ccccc3-c3ccccc3)cccc12. The van der Waals surface area contributed by atoms with Gasteiger partial charge in [0.05, 0.1) is 22.3 Å². The molecule has 3 aromatic heterocycles. The van der Waals surface area contributed by atoms with E-state index in [2.05, 4.69) is 27.8 Å². The van der Waals surface area contributed by atoms with E-state index < -0.39 is 11.9 Å². The Morgan fingerprint density at radius 1 is 0.632 bits per heavy atom. The minimum atomic E-state index is -4.56. The third-order valence-electron chi connectivity index (χ3n) is 6.69. The van der Waals surface area contributed by atoms with E-state index in [1.165, 1.54) is 6.07 Å². The highest BCUT2D eigenvalue weighted by Gasteiger charge is 2.33. The predicted molar refractivity (Wildman–Crippen MR) is 142 cm³/mol. The molecule has 7 heteroatoms. The zero-order valence-corrected chi connectivity index (χ0v) is 19.8. The fourth-order valence-corrected chi connectivity index (χ4v) is 4.99. The van der Waals surface area contributed by atoms with Crippen LogP contribution in [-0.2, 0) is 6.18 Å². The number of fused-ring (bicyclic) bond motifs is 4. The van der Waals surface area contributed by atoms with E-state index in [0.717, 1.165) is 33.9 Å². The van der Waals surface area contributed by atoms with E-state index in [-0.39, 0.29) is 5.71 Å². The minimum absolute atomic E-state index is 0.0605. The van der Waals surface area contributed by atoms with Gasteiger partial charge in [0, 0.05) is 16.3 Å². The van der Waals surface area contributed by atoms with Crippen molar-refractivity contribution in [2.45, 2.75) is 6.18 Å². The van der Waals surface area contributed by atoms with Crippen LogP contribution < -0.4 is 0 Å². The van der Waals surface area contributed by atoms with Crippen molar-refractivity contribution in [1.82, 2.24) is 14.5 Å². The Labute approximate surface area is 214 Å². The number of hydrogen-bond donors (Lipinski definition) is 0. The molecule has 0 spiro atoms. The van der Waals surface area contributed by atoms with Gasteiger partial charge in [0.1, 0.15) is 17.1 Å². The van der Waals surface area contributed by atoms with Gasteiger partial charge in [-0.2, -0.15) is 13.2 Å². The summed E-state index contributed by atoms with van der Waals surface area (Å²) in [5.41, 5.74) is 4.73. The lowest BCUT2D eigenvalue weighted by molar-refractivity contribution is -0.141. The Kier molecular flexibility index (Phi) is 4.88. The van der Waals surface area contributed by atoms with Crippen molar-refractivity contribution < 1.29 is 17.6 Å². The smallest absolute Gasteiger partial charge is 0.433 e. The largest absolute Gasteiger partial charge is 0.437 e. The molecule has 7 rings (SSSR count). The number of pyridine rings is 1. The van der Waals surface area contributed by atoms with Crippen LogP contribution in [0.2, 0.25) is 0 Å². The van der Waals surface area contributed by atoms with Crippen LogP contribution in [0.4, 0.5) is 13.2 Å². The molecule has 0 radical (unpaired) electrons. The van der Waals surface area contributed by atoms with Crippen molar-refractivity contribution >= 4 is 33.1 Å². The van der Waals surface area contributed by atoms with Gasteiger partial charge in [-0.3, -0.25) is 4.57 Å². The predicted octanol–water partition coefficient (Wildman–Crippen LogP) is 8.67. The lowest BCUT2D eigenvalue weighted by Crippen LogP contribution is -2.07. The number of alkyl halides is 3. The summed E-state index contributed by atoms with van der Waals surface area (Å²) < 4.78 is 48.1. The Balaban J connectivity index is 1.54. The minimum Gasteiger partial charge on any atom is -0.437 e. The first kappa shape index (κ1) is 22.3. The van der Waals surface area contributed by atoms with Crippen molar-refractivity contribution in [2.24, 2.45) is 0 Å². The van der Waals surface area contributed by atoms with Crippen LogP contribution in [0.3, 0.4) is 0 Å². The molecule has 4 nitrogen and oxygen atoms in total. The van der Waals surface area contributed by atoms with Gasteiger partial charge in [-0.15, -0.1) is 0 Å². The Hall–Kier alpha value is -4.91. The standard InChI is InChI=1S/C31H18F3N3O/c32-31(33,34)27-18-17-22-21-12-8-13-23(28(21)38-30(22)36-27)29-35-24-14-5-7-16-26(24)37(29)25-15-6-4-11-20(25)19-9-2-1-3-10-19/h1-18H. The number of imidazole rings is 1. The molecule has 0 N–H and O–H groups in total. The van der Waals surface area contributed by atoms with Gasteiger partial charge in [0.25, 0.3) is 0 Å². The number of benzene rings is 4. The molecular formula is C31H18F3N3O. The van der Waals surface area contributed by atoms with Gasteiger partial charge in [-0.1, -0.05) is 72.8 Å². The molecule has 0 unspecified atom stereocenters. The molecule has 184 valence electrons. The summed E-state index contributed by atoms with van der Waals surface area (Å²) in [7, 11) is 0. The van der Waals surface area contributed by atoms with Gasteiger partial charge >= 0.3 is 6.18 Å². The molecule has 0 saturated carbocycles. The number of furan rings is 1. The first-order valence-electron chi connectivity index (χ1n) is 12.0. The van der Waals surface area contributed by atoms with Crippen molar-refractivity contribution in [1.29, 1.82) is 0 Å². The van der Waals surface area contributed by atoms with E-state index in [1.54, 1.807) is 0 Å². The molecule has 0 aliphatic heterocycles. The summed E-state index contributed by atoms with van der Waals surface area (Å²) >= 11 is 0. The average Bonchev–Trinajstić information content (AvgIpc) is 3.51. The molecule has 7 aromatic rings. The van der Waals surface area contributed by atoms with Crippen LogP contribution >= 0.6 is 0 Å². The Morgan fingerprint density at radius 3 is 2.21 bits per heavy atom. The molecule has 0 amide bonds. The van der Waals surface area contributed by atoms with Gasteiger partial charge in [0.15, 0.2) is 0 Å². The Morgan fingerprint density at radius 2 is 1.37 bits per heavy atom. The van der Waals surface area contributed by atoms with Gasteiger partial charge in [0.2, 0.25) is 5.71 Å². The molecule has 0 fully saturated rings. The number of nitrogens with zero attached hydrogens (tertiary/aromatic N) is 3.